The lowest BCUT2D eigenvalue weighted by molar-refractivity contribution is 0.0229. The molecule has 29 heavy (non-hydrogen) atoms. The van der Waals surface area contributed by atoms with Crippen molar-refractivity contribution in [2.45, 2.75) is 44.4 Å². The van der Waals surface area contributed by atoms with Crippen LogP contribution in [0.2, 0.25) is 0 Å². The summed E-state index contributed by atoms with van der Waals surface area (Å²) in [5.74, 6) is -0.496. The zero-order valence-electron chi connectivity index (χ0n) is 16.3. The lowest BCUT2D eigenvalue weighted by atomic mass is 9.99. The van der Waals surface area contributed by atoms with Gasteiger partial charge in [0.1, 0.15) is 11.2 Å². The Kier molecular flexibility index (Phi) is 4.05. The smallest absolute Gasteiger partial charge is 0.329 e. The minimum absolute atomic E-state index is 0.0385. The van der Waals surface area contributed by atoms with Crippen LogP contribution in [0.15, 0.2) is 9.59 Å². The highest BCUT2D eigenvalue weighted by atomic mass is 19.1. The largest absolute Gasteiger partial charge is 0.492 e. The lowest BCUT2D eigenvalue weighted by Gasteiger charge is -2.26. The number of aliphatic hydroxyl groups excluding tert-OH is 2. The normalized spacial score (nSPS) is 28.9. The summed E-state index contributed by atoms with van der Waals surface area (Å²) < 4.78 is 22.7. The number of rotatable bonds is 3. The van der Waals surface area contributed by atoms with E-state index in [1.54, 1.807) is 0 Å². The highest BCUT2D eigenvalue weighted by Gasteiger charge is 2.48. The first kappa shape index (κ1) is 18.6. The van der Waals surface area contributed by atoms with Crippen molar-refractivity contribution in [3.05, 3.63) is 32.2 Å². The Balaban J connectivity index is 1.75. The van der Waals surface area contributed by atoms with Crippen molar-refractivity contribution in [2.75, 3.05) is 25.1 Å². The minimum atomic E-state index is -0.840. The van der Waals surface area contributed by atoms with Crippen molar-refractivity contribution in [2.24, 2.45) is 11.8 Å². The molecule has 3 fully saturated rings. The quantitative estimate of drug-likeness (QED) is 0.693. The van der Waals surface area contributed by atoms with Gasteiger partial charge in [0, 0.05) is 30.6 Å². The second kappa shape index (κ2) is 6.30. The third kappa shape index (κ3) is 2.56. The number of halogens is 1. The van der Waals surface area contributed by atoms with Crippen molar-refractivity contribution in [3.63, 3.8) is 0 Å². The number of hydrogen-bond acceptors (Lipinski definition) is 6. The van der Waals surface area contributed by atoms with Gasteiger partial charge in [0.25, 0.3) is 5.56 Å². The summed E-state index contributed by atoms with van der Waals surface area (Å²) in [5.41, 5.74) is -0.426. The molecule has 2 saturated carbocycles. The Morgan fingerprint density at radius 1 is 1.21 bits per heavy atom. The number of nitrogens with zero attached hydrogens (tertiary/aromatic N) is 2. The molecule has 0 amide bonds. The van der Waals surface area contributed by atoms with Crippen molar-refractivity contribution in [3.8, 4) is 5.75 Å². The monoisotopic (exact) mass is 405 g/mol. The van der Waals surface area contributed by atoms with Gasteiger partial charge in [-0.3, -0.25) is 14.3 Å². The highest BCUT2D eigenvalue weighted by molar-refractivity contribution is 5.93. The summed E-state index contributed by atoms with van der Waals surface area (Å²) >= 11 is 0. The number of aryl methyl sites for hydroxylation is 1. The Labute approximate surface area is 165 Å². The van der Waals surface area contributed by atoms with Crippen LogP contribution in [0, 0.1) is 24.6 Å². The van der Waals surface area contributed by atoms with Crippen molar-refractivity contribution in [1.82, 2.24) is 9.55 Å². The molecule has 1 aliphatic heterocycles. The minimum Gasteiger partial charge on any atom is -0.492 e. The number of H-pyrrole nitrogens is 1. The van der Waals surface area contributed by atoms with Crippen LogP contribution in [0.3, 0.4) is 0 Å². The molecule has 156 valence electrons. The second-order valence-electron chi connectivity index (χ2n) is 8.53. The molecule has 1 saturated heterocycles. The maximum absolute atomic E-state index is 15.5. The van der Waals surface area contributed by atoms with Gasteiger partial charge in [0.2, 0.25) is 0 Å². The Morgan fingerprint density at radius 3 is 2.55 bits per heavy atom. The van der Waals surface area contributed by atoms with Crippen LogP contribution in [0.1, 0.15) is 30.9 Å². The maximum atomic E-state index is 15.5. The van der Waals surface area contributed by atoms with E-state index in [2.05, 4.69) is 4.98 Å². The summed E-state index contributed by atoms with van der Waals surface area (Å²) in [7, 11) is 1.41. The molecule has 1 aromatic heterocycles. The molecule has 2 heterocycles. The number of anilines is 1. The van der Waals surface area contributed by atoms with Gasteiger partial charge in [-0.15, -0.1) is 0 Å². The van der Waals surface area contributed by atoms with E-state index in [9.17, 15) is 19.8 Å². The zero-order valence-corrected chi connectivity index (χ0v) is 16.3. The Bertz CT molecular complexity index is 1120. The zero-order chi connectivity index (χ0) is 20.6. The van der Waals surface area contributed by atoms with Gasteiger partial charge in [0.05, 0.1) is 24.7 Å². The summed E-state index contributed by atoms with van der Waals surface area (Å²) in [6, 6.07) is -0.0385. The summed E-state index contributed by atoms with van der Waals surface area (Å²) in [5, 5.41) is 20.3. The number of nitrogens with one attached hydrogen (secondary N) is 1. The average molecular weight is 405 g/mol. The van der Waals surface area contributed by atoms with Crippen molar-refractivity contribution >= 4 is 16.6 Å². The van der Waals surface area contributed by atoms with E-state index in [0.29, 0.717) is 25.0 Å². The predicted molar refractivity (Wildman–Crippen MR) is 104 cm³/mol. The van der Waals surface area contributed by atoms with Crippen LogP contribution in [-0.4, -0.2) is 52.2 Å². The SMILES string of the molecule is COc1c(N2CC3CC(O)C(O)C3C2)c(F)c(C)c2c(=O)[nH]c(=O)n(C3CC3)c12. The van der Waals surface area contributed by atoms with E-state index in [4.69, 9.17) is 4.74 Å². The van der Waals surface area contributed by atoms with E-state index in [1.807, 2.05) is 4.90 Å². The number of aromatic amines is 1. The fourth-order valence-electron chi connectivity index (χ4n) is 5.23. The van der Waals surface area contributed by atoms with Gasteiger partial charge in [-0.2, -0.15) is 0 Å². The maximum Gasteiger partial charge on any atom is 0.329 e. The second-order valence-corrected chi connectivity index (χ2v) is 8.53. The summed E-state index contributed by atoms with van der Waals surface area (Å²) in [4.78, 5) is 29.2. The molecule has 2 aliphatic carbocycles. The van der Waals surface area contributed by atoms with Crippen LogP contribution < -0.4 is 20.9 Å². The number of aromatic nitrogens is 2. The molecule has 4 unspecified atom stereocenters. The molecule has 8 nitrogen and oxygen atoms in total. The Hall–Kier alpha value is -2.39. The summed E-state index contributed by atoms with van der Waals surface area (Å²) in [6.07, 6.45) is 0.497. The standard InChI is InChI=1S/C20H24FN3O5/c1-8-13-15(24(10-3-4-10)20(28)22-19(13)27)18(29-2)16(14(8)21)23-6-9-5-12(25)17(26)11(9)7-23/h9-12,17,25-26H,3-7H2,1-2H3,(H,22,27,28). The van der Waals surface area contributed by atoms with Crippen LogP contribution in [-0.2, 0) is 0 Å². The van der Waals surface area contributed by atoms with Gasteiger partial charge in [-0.25, -0.2) is 9.18 Å². The van der Waals surface area contributed by atoms with Crippen LogP contribution >= 0.6 is 0 Å². The van der Waals surface area contributed by atoms with Gasteiger partial charge in [0.15, 0.2) is 11.6 Å². The molecule has 3 N–H and O–H groups in total. The molecule has 0 radical (unpaired) electrons. The molecule has 2 aromatic rings. The number of hydrogen-bond donors (Lipinski definition) is 3. The number of aliphatic hydroxyl groups is 2. The summed E-state index contributed by atoms with van der Waals surface area (Å²) in [6.45, 7) is 2.37. The number of fused-ring (bicyclic) bond motifs is 2. The molecule has 0 spiro atoms. The van der Waals surface area contributed by atoms with E-state index < -0.39 is 29.3 Å². The Morgan fingerprint density at radius 2 is 1.93 bits per heavy atom. The lowest BCUT2D eigenvalue weighted by Crippen LogP contribution is -2.33. The van der Waals surface area contributed by atoms with Crippen molar-refractivity contribution in [1.29, 1.82) is 0 Å². The highest BCUT2D eigenvalue weighted by Crippen LogP contribution is 2.47. The third-order valence-corrected chi connectivity index (χ3v) is 6.79. The van der Waals surface area contributed by atoms with Gasteiger partial charge in [-0.05, 0) is 32.1 Å². The van der Waals surface area contributed by atoms with Gasteiger partial charge < -0.3 is 19.8 Å². The number of methoxy groups -OCH3 is 1. The molecule has 3 aliphatic rings. The van der Waals surface area contributed by atoms with E-state index in [-0.39, 0.29) is 40.3 Å². The third-order valence-electron chi connectivity index (χ3n) is 6.79. The molecule has 0 bridgehead atoms. The molecule has 5 rings (SSSR count). The van der Waals surface area contributed by atoms with Gasteiger partial charge in [-0.1, -0.05) is 0 Å². The van der Waals surface area contributed by atoms with Crippen LogP contribution in [0.4, 0.5) is 10.1 Å². The molecular weight excluding hydrogens is 381 g/mol. The van der Waals surface area contributed by atoms with Crippen LogP contribution in [0.25, 0.3) is 10.9 Å². The van der Waals surface area contributed by atoms with Gasteiger partial charge >= 0.3 is 5.69 Å². The first-order valence-corrected chi connectivity index (χ1v) is 9.99. The fraction of sp³-hybridized carbons (Fsp3) is 0.600. The molecule has 4 atom stereocenters. The van der Waals surface area contributed by atoms with E-state index in [1.165, 1.54) is 18.6 Å². The average Bonchev–Trinajstić information content (AvgIpc) is 3.37. The van der Waals surface area contributed by atoms with Crippen molar-refractivity contribution < 1.29 is 19.3 Å². The number of benzene rings is 1. The molecule has 9 heteroatoms. The van der Waals surface area contributed by atoms with E-state index in [0.717, 1.165) is 12.8 Å². The predicted octanol–water partition coefficient (Wildman–Crippen LogP) is 0.659. The fourth-order valence-corrected chi connectivity index (χ4v) is 5.23. The first-order valence-electron chi connectivity index (χ1n) is 9.99. The first-order chi connectivity index (χ1) is 13.8. The number of ether oxygens (including phenoxy) is 1. The van der Waals surface area contributed by atoms with E-state index >= 15 is 4.39 Å². The molecular formula is C20H24FN3O5. The topological polar surface area (TPSA) is 108 Å². The van der Waals surface area contributed by atoms with Crippen LogP contribution in [0.5, 0.6) is 5.75 Å². The molecule has 1 aromatic carbocycles.